The zero-order valence-corrected chi connectivity index (χ0v) is 11.3. The lowest BCUT2D eigenvalue weighted by Gasteiger charge is -2.20. The molecule has 3 amide bonds. The molecular formula is C12H21N3O4. The standard InChI is InChI=1S/C12H21N3O4/c1-8(11(18)13-2)14-12(19)15-6-5-9(7-15)3-4-10(16)17/h8-9H,3-7H2,1-2H3,(H,13,18)(H,14,19)(H,16,17). The Morgan fingerprint density at radius 1 is 1.42 bits per heavy atom. The summed E-state index contributed by atoms with van der Waals surface area (Å²) in [5.74, 6) is -0.816. The van der Waals surface area contributed by atoms with Crippen molar-refractivity contribution in [3.8, 4) is 0 Å². The Balaban J connectivity index is 2.35. The van der Waals surface area contributed by atoms with E-state index < -0.39 is 12.0 Å². The number of carboxylic acid groups (broad SMARTS) is 1. The molecule has 1 fully saturated rings. The Morgan fingerprint density at radius 2 is 2.11 bits per heavy atom. The Hall–Kier alpha value is -1.79. The number of nitrogens with zero attached hydrogens (tertiary/aromatic N) is 1. The highest BCUT2D eigenvalue weighted by Crippen LogP contribution is 2.20. The molecule has 1 saturated heterocycles. The minimum absolute atomic E-state index is 0.134. The molecule has 2 atom stereocenters. The fraction of sp³-hybridized carbons (Fsp3) is 0.750. The van der Waals surface area contributed by atoms with E-state index in [9.17, 15) is 14.4 Å². The first-order valence-electron chi connectivity index (χ1n) is 6.43. The fourth-order valence-corrected chi connectivity index (χ4v) is 2.14. The van der Waals surface area contributed by atoms with Gasteiger partial charge in [0.1, 0.15) is 6.04 Å². The second-order valence-electron chi connectivity index (χ2n) is 4.82. The lowest BCUT2D eigenvalue weighted by atomic mass is 10.0. The second kappa shape index (κ2) is 6.96. The van der Waals surface area contributed by atoms with E-state index in [0.717, 1.165) is 6.42 Å². The van der Waals surface area contributed by atoms with Gasteiger partial charge in [-0.25, -0.2) is 4.79 Å². The molecule has 0 spiro atoms. The van der Waals surface area contributed by atoms with E-state index in [0.29, 0.717) is 19.5 Å². The molecule has 3 N–H and O–H groups in total. The summed E-state index contributed by atoms with van der Waals surface area (Å²) in [6, 6.07) is -0.843. The smallest absolute Gasteiger partial charge is 0.318 e. The van der Waals surface area contributed by atoms with E-state index in [4.69, 9.17) is 5.11 Å². The molecule has 0 bridgehead atoms. The lowest BCUT2D eigenvalue weighted by Crippen LogP contribution is -2.48. The molecule has 1 heterocycles. The third-order valence-corrected chi connectivity index (χ3v) is 3.32. The molecule has 2 unspecified atom stereocenters. The minimum atomic E-state index is -0.809. The van der Waals surface area contributed by atoms with Gasteiger partial charge in [0.15, 0.2) is 0 Å². The lowest BCUT2D eigenvalue weighted by molar-refractivity contribution is -0.137. The Morgan fingerprint density at radius 3 is 2.68 bits per heavy atom. The van der Waals surface area contributed by atoms with Crippen molar-refractivity contribution in [2.45, 2.75) is 32.2 Å². The van der Waals surface area contributed by atoms with Crippen molar-refractivity contribution in [1.82, 2.24) is 15.5 Å². The van der Waals surface area contributed by atoms with Crippen LogP contribution in [0.2, 0.25) is 0 Å². The van der Waals surface area contributed by atoms with Crippen molar-refractivity contribution in [2.75, 3.05) is 20.1 Å². The number of likely N-dealkylation sites (tertiary alicyclic amines) is 1. The summed E-state index contributed by atoms with van der Waals surface area (Å²) in [6.07, 6.45) is 1.54. The topological polar surface area (TPSA) is 98.7 Å². The molecule has 0 aliphatic carbocycles. The minimum Gasteiger partial charge on any atom is -0.481 e. The van der Waals surface area contributed by atoms with Crippen molar-refractivity contribution in [3.63, 3.8) is 0 Å². The molecule has 1 aliphatic heterocycles. The number of carbonyl (C=O) groups is 3. The summed E-state index contributed by atoms with van der Waals surface area (Å²) in [7, 11) is 1.52. The molecule has 0 radical (unpaired) electrons. The molecule has 0 aromatic carbocycles. The number of urea groups is 1. The number of carboxylic acids is 1. The van der Waals surface area contributed by atoms with Crippen LogP contribution in [0.15, 0.2) is 0 Å². The molecule has 108 valence electrons. The van der Waals surface area contributed by atoms with Crippen LogP contribution in [0.4, 0.5) is 4.79 Å². The molecule has 19 heavy (non-hydrogen) atoms. The number of nitrogens with one attached hydrogen (secondary N) is 2. The highest BCUT2D eigenvalue weighted by Gasteiger charge is 2.27. The van der Waals surface area contributed by atoms with Gasteiger partial charge in [-0.1, -0.05) is 0 Å². The largest absolute Gasteiger partial charge is 0.481 e. The highest BCUT2D eigenvalue weighted by molar-refractivity contribution is 5.86. The predicted octanol–water partition coefficient (Wildman–Crippen LogP) is 0.0172. The van der Waals surface area contributed by atoms with Crippen LogP contribution in [-0.2, 0) is 9.59 Å². The summed E-state index contributed by atoms with van der Waals surface area (Å²) in [5, 5.41) is 13.7. The average molecular weight is 271 g/mol. The maximum Gasteiger partial charge on any atom is 0.318 e. The zero-order valence-electron chi connectivity index (χ0n) is 11.3. The summed E-state index contributed by atoms with van der Waals surface area (Å²) in [6.45, 7) is 2.78. The Labute approximate surface area is 112 Å². The predicted molar refractivity (Wildman–Crippen MR) is 68.6 cm³/mol. The van der Waals surface area contributed by atoms with Crippen molar-refractivity contribution in [3.05, 3.63) is 0 Å². The Kier molecular flexibility index (Phi) is 5.59. The maximum atomic E-state index is 11.9. The first-order valence-corrected chi connectivity index (χ1v) is 6.43. The third-order valence-electron chi connectivity index (χ3n) is 3.32. The first kappa shape index (κ1) is 15.3. The fourth-order valence-electron chi connectivity index (χ4n) is 2.14. The summed E-state index contributed by atoms with van der Waals surface area (Å²) in [5.41, 5.74) is 0. The number of likely N-dealkylation sites (N-methyl/N-ethyl adjacent to an activating group) is 1. The summed E-state index contributed by atoms with van der Waals surface area (Å²) in [4.78, 5) is 35.3. The van der Waals surface area contributed by atoms with E-state index in [-0.39, 0.29) is 24.3 Å². The van der Waals surface area contributed by atoms with Crippen molar-refractivity contribution < 1.29 is 19.5 Å². The molecule has 0 aromatic rings. The normalized spacial score (nSPS) is 19.9. The highest BCUT2D eigenvalue weighted by atomic mass is 16.4. The van der Waals surface area contributed by atoms with Crippen LogP contribution in [0.5, 0.6) is 0 Å². The van der Waals surface area contributed by atoms with Gasteiger partial charge in [-0.05, 0) is 25.7 Å². The van der Waals surface area contributed by atoms with Gasteiger partial charge >= 0.3 is 12.0 Å². The number of amides is 3. The van der Waals surface area contributed by atoms with Gasteiger partial charge in [-0.3, -0.25) is 9.59 Å². The number of aliphatic carboxylic acids is 1. The van der Waals surface area contributed by atoms with Gasteiger partial charge in [-0.15, -0.1) is 0 Å². The van der Waals surface area contributed by atoms with Gasteiger partial charge in [0.05, 0.1) is 0 Å². The van der Waals surface area contributed by atoms with Gasteiger partial charge in [0, 0.05) is 26.6 Å². The van der Waals surface area contributed by atoms with Gasteiger partial charge in [0.2, 0.25) is 5.91 Å². The molecular weight excluding hydrogens is 250 g/mol. The van der Waals surface area contributed by atoms with Crippen molar-refractivity contribution in [1.29, 1.82) is 0 Å². The quantitative estimate of drug-likeness (QED) is 0.656. The van der Waals surface area contributed by atoms with Crippen molar-refractivity contribution in [2.24, 2.45) is 5.92 Å². The number of hydrogen-bond acceptors (Lipinski definition) is 3. The molecule has 1 rings (SSSR count). The number of hydrogen-bond donors (Lipinski definition) is 3. The molecule has 7 nitrogen and oxygen atoms in total. The van der Waals surface area contributed by atoms with Crippen LogP contribution >= 0.6 is 0 Å². The molecule has 0 saturated carbocycles. The third kappa shape index (κ3) is 4.76. The number of carbonyl (C=O) groups excluding carboxylic acids is 2. The van der Waals surface area contributed by atoms with Crippen LogP contribution in [-0.4, -0.2) is 54.1 Å². The monoisotopic (exact) mass is 271 g/mol. The van der Waals surface area contributed by atoms with Crippen LogP contribution in [0.1, 0.15) is 26.2 Å². The molecule has 0 aromatic heterocycles. The number of rotatable bonds is 5. The van der Waals surface area contributed by atoms with Crippen LogP contribution < -0.4 is 10.6 Å². The van der Waals surface area contributed by atoms with Gasteiger partial charge in [0.25, 0.3) is 0 Å². The SMILES string of the molecule is CNC(=O)C(C)NC(=O)N1CCC(CCC(=O)O)C1. The first-order chi connectivity index (χ1) is 8.93. The van der Waals surface area contributed by atoms with Gasteiger partial charge < -0.3 is 20.6 Å². The van der Waals surface area contributed by atoms with Crippen LogP contribution in [0.3, 0.4) is 0 Å². The van der Waals surface area contributed by atoms with E-state index in [1.165, 1.54) is 7.05 Å². The van der Waals surface area contributed by atoms with Crippen LogP contribution in [0, 0.1) is 5.92 Å². The van der Waals surface area contributed by atoms with E-state index in [1.807, 2.05) is 0 Å². The van der Waals surface area contributed by atoms with Gasteiger partial charge in [-0.2, -0.15) is 0 Å². The maximum absolute atomic E-state index is 11.9. The Bertz CT molecular complexity index is 359. The zero-order chi connectivity index (χ0) is 14.4. The summed E-state index contributed by atoms with van der Waals surface area (Å²) < 4.78 is 0. The molecule has 7 heteroatoms. The van der Waals surface area contributed by atoms with Crippen LogP contribution in [0.25, 0.3) is 0 Å². The second-order valence-corrected chi connectivity index (χ2v) is 4.82. The van der Waals surface area contributed by atoms with E-state index >= 15 is 0 Å². The van der Waals surface area contributed by atoms with E-state index in [2.05, 4.69) is 10.6 Å². The van der Waals surface area contributed by atoms with E-state index in [1.54, 1.807) is 11.8 Å². The van der Waals surface area contributed by atoms with Crippen molar-refractivity contribution >= 4 is 17.9 Å². The average Bonchev–Trinajstić information content (AvgIpc) is 2.84. The molecule has 1 aliphatic rings. The summed E-state index contributed by atoms with van der Waals surface area (Å²) >= 11 is 0.